The average Bonchev–Trinajstić information content (AvgIpc) is 3.38. The van der Waals surface area contributed by atoms with E-state index in [4.69, 9.17) is 15.3 Å². The van der Waals surface area contributed by atoms with Crippen molar-refractivity contribution in [1.29, 1.82) is 0 Å². The monoisotopic (exact) mass is 1070 g/mol. The number of hydrogen-bond donors (Lipinski definition) is 3. The molecule has 0 aromatic carbocycles. The second-order valence-corrected chi connectivity index (χ2v) is 23.2. The highest BCUT2D eigenvalue weighted by molar-refractivity contribution is 5.67. The lowest BCUT2D eigenvalue weighted by Gasteiger charge is -2.03. The summed E-state index contributed by atoms with van der Waals surface area (Å²) in [5.74, 6) is -1.95. The molecular formula is C69H140O6. The van der Waals surface area contributed by atoms with Crippen molar-refractivity contribution in [3.8, 4) is 0 Å². The molecule has 0 unspecified atom stereocenters. The molecule has 452 valence electrons. The van der Waals surface area contributed by atoms with Crippen molar-refractivity contribution < 1.29 is 29.7 Å². The van der Waals surface area contributed by atoms with Crippen LogP contribution in [0.4, 0.5) is 0 Å². The quantitative estimate of drug-likeness (QED) is 0.0523. The summed E-state index contributed by atoms with van der Waals surface area (Å²) in [5, 5.41) is 25.7. The predicted octanol–water partition coefficient (Wildman–Crippen LogP) is 25.1. The van der Waals surface area contributed by atoms with E-state index in [9.17, 15) is 14.4 Å². The Morgan fingerprint density at radius 3 is 0.333 bits per heavy atom. The van der Waals surface area contributed by atoms with Crippen LogP contribution in [-0.2, 0) is 14.4 Å². The van der Waals surface area contributed by atoms with Gasteiger partial charge in [0.2, 0.25) is 0 Å². The minimum absolute atomic E-state index is 0.346. The zero-order valence-corrected chi connectivity index (χ0v) is 52.2. The molecule has 0 saturated carbocycles. The molecule has 0 atom stereocenters. The summed E-state index contributed by atoms with van der Waals surface area (Å²) in [4.78, 5) is 31.1. The van der Waals surface area contributed by atoms with E-state index in [0.717, 1.165) is 38.5 Å². The van der Waals surface area contributed by atoms with Crippen molar-refractivity contribution in [2.45, 2.75) is 426 Å². The average molecular weight is 1070 g/mol. The molecule has 0 bridgehead atoms. The first-order chi connectivity index (χ1) is 36.7. The molecule has 0 heterocycles. The lowest BCUT2D eigenvalue weighted by Crippen LogP contribution is -1.93. The predicted molar refractivity (Wildman–Crippen MR) is 333 cm³/mol. The van der Waals surface area contributed by atoms with Crippen LogP contribution in [0.3, 0.4) is 0 Å². The third-order valence-corrected chi connectivity index (χ3v) is 15.0. The Labute approximate surface area is 471 Å². The van der Waals surface area contributed by atoms with Crippen molar-refractivity contribution in [1.82, 2.24) is 0 Å². The van der Waals surface area contributed by atoms with E-state index in [-0.39, 0.29) is 0 Å². The van der Waals surface area contributed by atoms with Crippen LogP contribution in [0.1, 0.15) is 426 Å². The van der Waals surface area contributed by atoms with E-state index in [1.54, 1.807) is 0 Å². The summed E-state index contributed by atoms with van der Waals surface area (Å²) >= 11 is 0. The number of unbranched alkanes of at least 4 members (excludes halogenated alkanes) is 54. The molecule has 0 spiro atoms. The summed E-state index contributed by atoms with van der Waals surface area (Å²) in [6, 6.07) is 0. The van der Waals surface area contributed by atoms with Gasteiger partial charge < -0.3 is 15.3 Å². The number of carbonyl (C=O) groups is 3. The van der Waals surface area contributed by atoms with Crippen LogP contribution in [0.2, 0.25) is 0 Å². The van der Waals surface area contributed by atoms with Gasteiger partial charge in [0.05, 0.1) is 0 Å². The third kappa shape index (κ3) is 95.2. The minimum atomic E-state index is -0.651. The highest BCUT2D eigenvalue weighted by Crippen LogP contribution is 2.18. The topological polar surface area (TPSA) is 112 Å². The molecule has 0 fully saturated rings. The zero-order valence-electron chi connectivity index (χ0n) is 52.2. The molecule has 0 aliphatic carbocycles. The van der Waals surface area contributed by atoms with Crippen molar-refractivity contribution in [3.63, 3.8) is 0 Å². The molecule has 0 aromatic rings. The highest BCUT2D eigenvalue weighted by atomic mass is 16.4. The fraction of sp³-hybridized carbons (Fsp3) is 0.957. The number of hydrogen-bond acceptors (Lipinski definition) is 3. The maximum absolute atomic E-state index is 10.4. The molecular weight excluding hydrogens is 925 g/mol. The van der Waals surface area contributed by atoms with Crippen LogP contribution < -0.4 is 0 Å². The molecule has 0 aromatic heterocycles. The van der Waals surface area contributed by atoms with Crippen molar-refractivity contribution in [2.24, 2.45) is 0 Å². The van der Waals surface area contributed by atoms with Crippen LogP contribution in [0, 0.1) is 0 Å². The lowest BCUT2D eigenvalue weighted by molar-refractivity contribution is -0.138. The molecule has 0 aliphatic rings. The molecule has 6 heteroatoms. The molecule has 6 nitrogen and oxygen atoms in total. The van der Waals surface area contributed by atoms with Crippen LogP contribution >= 0.6 is 0 Å². The first-order valence-corrected chi connectivity index (χ1v) is 34.4. The van der Waals surface area contributed by atoms with E-state index in [1.807, 2.05) is 0 Å². The van der Waals surface area contributed by atoms with Crippen LogP contribution in [0.5, 0.6) is 0 Å². The number of carboxylic acid groups (broad SMARTS) is 3. The molecule has 75 heavy (non-hydrogen) atoms. The van der Waals surface area contributed by atoms with E-state index < -0.39 is 17.9 Å². The fourth-order valence-electron chi connectivity index (χ4n) is 10.1. The van der Waals surface area contributed by atoms with E-state index in [1.165, 1.54) is 334 Å². The summed E-state index contributed by atoms with van der Waals surface area (Å²) in [5.41, 5.74) is 0. The van der Waals surface area contributed by atoms with Crippen molar-refractivity contribution >= 4 is 17.9 Å². The summed E-state index contributed by atoms with van der Waals surface area (Å²) in [6.07, 6.45) is 79.5. The zero-order chi connectivity index (χ0) is 55.9. The van der Waals surface area contributed by atoms with Crippen LogP contribution in [-0.4, -0.2) is 33.2 Å². The fourth-order valence-corrected chi connectivity index (χ4v) is 10.1. The second kappa shape index (κ2) is 78.9. The van der Waals surface area contributed by atoms with Crippen LogP contribution in [0.15, 0.2) is 0 Å². The molecule has 0 radical (unpaired) electrons. The minimum Gasteiger partial charge on any atom is -0.481 e. The van der Waals surface area contributed by atoms with Gasteiger partial charge in [-0.05, 0) is 19.3 Å². The Balaban J connectivity index is -0.000000490. The molecule has 0 saturated heterocycles. The van der Waals surface area contributed by atoms with E-state index in [0.29, 0.717) is 19.3 Å². The number of carboxylic acids is 3. The highest BCUT2D eigenvalue weighted by Gasteiger charge is 2.01. The van der Waals surface area contributed by atoms with Crippen molar-refractivity contribution in [2.75, 3.05) is 0 Å². The number of rotatable bonds is 60. The SMILES string of the molecule is CCC.CCCCCCCCCCCCCCCCCCCCCC(=O)O.CCCCCCCCCCCCCCCCCCCCCC(=O)O.CCCCCCCCCCCCCCCCCCCCCC(=O)O. The summed E-state index contributed by atoms with van der Waals surface area (Å²) in [7, 11) is 0. The Kier molecular flexibility index (Phi) is 84.0. The number of aliphatic carboxylic acids is 3. The van der Waals surface area contributed by atoms with E-state index in [2.05, 4.69) is 34.6 Å². The Hall–Kier alpha value is -1.59. The molecule has 0 rings (SSSR count). The largest absolute Gasteiger partial charge is 0.481 e. The van der Waals surface area contributed by atoms with Gasteiger partial charge in [-0.25, -0.2) is 0 Å². The maximum Gasteiger partial charge on any atom is 0.303 e. The Bertz CT molecular complexity index is 891. The van der Waals surface area contributed by atoms with Gasteiger partial charge in [0.25, 0.3) is 0 Å². The molecule has 0 aliphatic heterocycles. The Morgan fingerprint density at radius 2 is 0.253 bits per heavy atom. The van der Waals surface area contributed by atoms with Gasteiger partial charge in [0, 0.05) is 19.3 Å². The lowest BCUT2D eigenvalue weighted by atomic mass is 10.0. The third-order valence-electron chi connectivity index (χ3n) is 15.0. The van der Waals surface area contributed by atoms with Gasteiger partial charge in [0.1, 0.15) is 0 Å². The summed E-state index contributed by atoms with van der Waals surface area (Å²) < 4.78 is 0. The van der Waals surface area contributed by atoms with Crippen LogP contribution in [0.25, 0.3) is 0 Å². The summed E-state index contributed by atoms with van der Waals surface area (Å²) in [6.45, 7) is 11.1. The standard InChI is InChI=1S/3C22H44O2.C3H8/c3*1-2-3-4-5-6-7-8-9-10-11-12-13-14-15-16-17-18-19-20-21-22(23)24;1-3-2/h3*2-21H2,1H3,(H,23,24);3H2,1-2H3. The van der Waals surface area contributed by atoms with Gasteiger partial charge >= 0.3 is 17.9 Å². The first-order valence-electron chi connectivity index (χ1n) is 34.4. The van der Waals surface area contributed by atoms with Gasteiger partial charge in [-0.15, -0.1) is 0 Å². The smallest absolute Gasteiger partial charge is 0.303 e. The van der Waals surface area contributed by atoms with Gasteiger partial charge in [0.15, 0.2) is 0 Å². The Morgan fingerprint density at radius 1 is 0.173 bits per heavy atom. The normalized spacial score (nSPS) is 10.8. The van der Waals surface area contributed by atoms with Crippen molar-refractivity contribution in [3.05, 3.63) is 0 Å². The second-order valence-electron chi connectivity index (χ2n) is 23.2. The molecule has 0 amide bonds. The maximum atomic E-state index is 10.4. The van der Waals surface area contributed by atoms with Gasteiger partial charge in [-0.1, -0.05) is 388 Å². The van der Waals surface area contributed by atoms with E-state index >= 15 is 0 Å². The van der Waals surface area contributed by atoms with Gasteiger partial charge in [-0.2, -0.15) is 0 Å². The molecule has 3 N–H and O–H groups in total. The van der Waals surface area contributed by atoms with Gasteiger partial charge in [-0.3, -0.25) is 14.4 Å². The first kappa shape index (κ1) is 79.9.